The molecule has 0 aliphatic rings. The molecule has 0 spiro atoms. The average molecular weight is 361 g/mol. The van der Waals surface area contributed by atoms with E-state index in [2.05, 4.69) is 9.44 Å². The van der Waals surface area contributed by atoms with E-state index in [1.54, 1.807) is 6.07 Å². The molecular formula is C13H13ClN2O4S2. The number of benzene rings is 2. The van der Waals surface area contributed by atoms with Crippen LogP contribution in [0.15, 0.2) is 58.3 Å². The molecule has 22 heavy (non-hydrogen) atoms. The number of anilines is 1. The van der Waals surface area contributed by atoms with Gasteiger partial charge in [0.2, 0.25) is 10.0 Å². The second-order valence-electron chi connectivity index (χ2n) is 4.29. The fourth-order valence-corrected chi connectivity index (χ4v) is 3.76. The molecule has 0 aliphatic heterocycles. The first-order valence-electron chi connectivity index (χ1n) is 6.06. The van der Waals surface area contributed by atoms with Crippen molar-refractivity contribution < 1.29 is 16.8 Å². The van der Waals surface area contributed by atoms with E-state index >= 15 is 0 Å². The van der Waals surface area contributed by atoms with Gasteiger partial charge in [0, 0.05) is 10.7 Å². The van der Waals surface area contributed by atoms with Crippen LogP contribution in [0.3, 0.4) is 0 Å². The zero-order chi connectivity index (χ0) is 16.4. The van der Waals surface area contributed by atoms with Gasteiger partial charge in [-0.3, -0.25) is 4.72 Å². The molecule has 0 amide bonds. The smallest absolute Gasteiger partial charge is 0.261 e. The van der Waals surface area contributed by atoms with Gasteiger partial charge < -0.3 is 0 Å². The van der Waals surface area contributed by atoms with Crippen LogP contribution in [0.4, 0.5) is 5.69 Å². The van der Waals surface area contributed by atoms with Gasteiger partial charge in [-0.25, -0.2) is 21.6 Å². The number of hydrogen-bond acceptors (Lipinski definition) is 4. The Hall–Kier alpha value is -1.61. The Balaban J connectivity index is 2.28. The van der Waals surface area contributed by atoms with Crippen molar-refractivity contribution in [2.24, 2.45) is 0 Å². The van der Waals surface area contributed by atoms with Crippen LogP contribution in [0.5, 0.6) is 0 Å². The Bertz CT molecular complexity index is 879. The Labute approximate surface area is 134 Å². The summed E-state index contributed by atoms with van der Waals surface area (Å²) in [5, 5.41) is 0.304. The molecule has 118 valence electrons. The van der Waals surface area contributed by atoms with E-state index in [9.17, 15) is 16.8 Å². The van der Waals surface area contributed by atoms with Gasteiger partial charge in [0.25, 0.3) is 10.0 Å². The molecule has 0 unspecified atom stereocenters. The van der Waals surface area contributed by atoms with Gasteiger partial charge in [-0.1, -0.05) is 17.7 Å². The topological polar surface area (TPSA) is 92.3 Å². The first kappa shape index (κ1) is 16.8. The predicted octanol–water partition coefficient (Wildman–Crippen LogP) is 2.05. The summed E-state index contributed by atoms with van der Waals surface area (Å²) in [6, 6.07) is 11.2. The molecule has 0 fully saturated rings. The van der Waals surface area contributed by atoms with Gasteiger partial charge >= 0.3 is 0 Å². The summed E-state index contributed by atoms with van der Waals surface area (Å²) in [7, 11) is -6.05. The SMILES string of the molecule is CNS(=O)(=O)c1ccc(NS(=O)(=O)c2cccc(Cl)c2)cc1. The second kappa shape index (κ2) is 6.25. The van der Waals surface area contributed by atoms with Gasteiger partial charge in [0.05, 0.1) is 9.79 Å². The molecule has 0 bridgehead atoms. The molecule has 0 heterocycles. The van der Waals surface area contributed by atoms with E-state index in [1.807, 2.05) is 0 Å². The lowest BCUT2D eigenvalue weighted by molar-refractivity contribution is 0.588. The third-order valence-corrected chi connectivity index (χ3v) is 5.84. The van der Waals surface area contributed by atoms with Crippen molar-refractivity contribution in [1.82, 2.24) is 4.72 Å². The second-order valence-corrected chi connectivity index (χ2v) is 8.30. The highest BCUT2D eigenvalue weighted by Crippen LogP contribution is 2.20. The first-order valence-corrected chi connectivity index (χ1v) is 9.41. The maximum Gasteiger partial charge on any atom is 0.261 e. The summed E-state index contributed by atoms with van der Waals surface area (Å²) in [5.74, 6) is 0. The minimum absolute atomic E-state index is 0.0203. The van der Waals surface area contributed by atoms with Crippen LogP contribution in [0.2, 0.25) is 5.02 Å². The number of sulfonamides is 2. The van der Waals surface area contributed by atoms with Gasteiger partial charge in [0.15, 0.2) is 0 Å². The Morgan fingerprint density at radius 3 is 2.05 bits per heavy atom. The van der Waals surface area contributed by atoms with E-state index in [4.69, 9.17) is 11.6 Å². The van der Waals surface area contributed by atoms with Crippen molar-refractivity contribution in [3.63, 3.8) is 0 Å². The predicted molar refractivity (Wildman–Crippen MR) is 84.9 cm³/mol. The van der Waals surface area contributed by atoms with Crippen LogP contribution < -0.4 is 9.44 Å². The molecule has 0 atom stereocenters. The van der Waals surface area contributed by atoms with E-state index < -0.39 is 20.0 Å². The number of nitrogens with one attached hydrogen (secondary N) is 2. The van der Waals surface area contributed by atoms with Crippen LogP contribution in [0.1, 0.15) is 0 Å². The molecule has 6 nitrogen and oxygen atoms in total. The molecule has 2 rings (SSSR count). The zero-order valence-corrected chi connectivity index (χ0v) is 13.8. The summed E-state index contributed by atoms with van der Waals surface area (Å²) in [4.78, 5) is 0.0626. The van der Waals surface area contributed by atoms with Gasteiger partial charge in [-0.05, 0) is 49.5 Å². The molecule has 2 aromatic rings. The highest BCUT2D eigenvalue weighted by Gasteiger charge is 2.15. The molecule has 0 saturated heterocycles. The van der Waals surface area contributed by atoms with Crippen molar-refractivity contribution in [1.29, 1.82) is 0 Å². The minimum Gasteiger partial charge on any atom is -0.280 e. The first-order chi connectivity index (χ1) is 10.2. The van der Waals surface area contributed by atoms with Crippen molar-refractivity contribution in [3.05, 3.63) is 53.6 Å². The summed E-state index contributed by atoms with van der Waals surface area (Å²) < 4.78 is 52.1. The zero-order valence-electron chi connectivity index (χ0n) is 11.4. The van der Waals surface area contributed by atoms with Crippen molar-refractivity contribution in [2.75, 3.05) is 11.8 Å². The van der Waals surface area contributed by atoms with E-state index in [1.165, 1.54) is 49.5 Å². The Morgan fingerprint density at radius 1 is 0.864 bits per heavy atom. The summed E-state index contributed by atoms with van der Waals surface area (Å²) in [6.45, 7) is 0. The lowest BCUT2D eigenvalue weighted by Crippen LogP contribution is -2.18. The third kappa shape index (κ3) is 3.77. The van der Waals surface area contributed by atoms with Crippen LogP contribution in [-0.2, 0) is 20.0 Å². The van der Waals surface area contributed by atoms with Crippen molar-refractivity contribution in [2.45, 2.75) is 9.79 Å². The minimum atomic E-state index is -3.79. The Kier molecular flexibility index (Phi) is 4.76. The summed E-state index contributed by atoms with van der Waals surface area (Å²) in [5.41, 5.74) is 0.245. The molecular weight excluding hydrogens is 348 g/mol. The number of halogens is 1. The molecule has 0 saturated carbocycles. The molecule has 2 aromatic carbocycles. The molecule has 0 radical (unpaired) electrons. The standard InChI is InChI=1S/C13H13ClN2O4S2/c1-15-21(17,18)12-7-5-11(6-8-12)16-22(19,20)13-4-2-3-10(14)9-13/h2-9,15-16H,1H3. The highest BCUT2D eigenvalue weighted by molar-refractivity contribution is 7.92. The van der Waals surface area contributed by atoms with E-state index in [0.717, 1.165) is 0 Å². The summed E-state index contributed by atoms with van der Waals surface area (Å²) >= 11 is 5.77. The average Bonchev–Trinajstić information content (AvgIpc) is 2.47. The van der Waals surface area contributed by atoms with Crippen LogP contribution in [0.25, 0.3) is 0 Å². The monoisotopic (exact) mass is 360 g/mol. The number of hydrogen-bond donors (Lipinski definition) is 2. The van der Waals surface area contributed by atoms with Crippen LogP contribution in [-0.4, -0.2) is 23.9 Å². The van der Waals surface area contributed by atoms with Crippen molar-refractivity contribution in [3.8, 4) is 0 Å². The number of rotatable bonds is 5. The maximum atomic E-state index is 12.2. The van der Waals surface area contributed by atoms with E-state index in [-0.39, 0.29) is 15.5 Å². The lowest BCUT2D eigenvalue weighted by Gasteiger charge is -2.09. The maximum absolute atomic E-state index is 12.2. The third-order valence-electron chi connectivity index (χ3n) is 2.79. The normalized spacial score (nSPS) is 12.1. The fraction of sp³-hybridized carbons (Fsp3) is 0.0769. The highest BCUT2D eigenvalue weighted by atomic mass is 35.5. The van der Waals surface area contributed by atoms with E-state index in [0.29, 0.717) is 5.02 Å². The largest absolute Gasteiger partial charge is 0.280 e. The van der Waals surface area contributed by atoms with Gasteiger partial charge in [-0.2, -0.15) is 0 Å². The van der Waals surface area contributed by atoms with Crippen LogP contribution >= 0.6 is 11.6 Å². The quantitative estimate of drug-likeness (QED) is 0.853. The molecule has 2 N–H and O–H groups in total. The molecule has 0 aromatic heterocycles. The fourth-order valence-electron chi connectivity index (χ4n) is 1.67. The Morgan fingerprint density at radius 2 is 1.50 bits per heavy atom. The lowest BCUT2D eigenvalue weighted by atomic mass is 10.3. The van der Waals surface area contributed by atoms with Gasteiger partial charge in [0.1, 0.15) is 0 Å². The van der Waals surface area contributed by atoms with Crippen LogP contribution in [0, 0.1) is 0 Å². The molecule has 0 aliphatic carbocycles. The van der Waals surface area contributed by atoms with Crippen molar-refractivity contribution >= 4 is 37.3 Å². The molecule has 9 heteroatoms. The van der Waals surface area contributed by atoms with Gasteiger partial charge in [-0.15, -0.1) is 0 Å². The summed E-state index contributed by atoms with van der Waals surface area (Å²) in [6.07, 6.45) is 0.